The molecule has 1 N–H and O–H groups in total. The highest BCUT2D eigenvalue weighted by Crippen LogP contribution is 2.24. The van der Waals surface area contributed by atoms with Crippen molar-refractivity contribution in [2.24, 2.45) is 7.05 Å². The van der Waals surface area contributed by atoms with E-state index in [1.807, 2.05) is 24.8 Å². The van der Waals surface area contributed by atoms with Crippen LogP contribution in [0.5, 0.6) is 0 Å². The van der Waals surface area contributed by atoms with E-state index >= 15 is 0 Å². The maximum Gasteiger partial charge on any atom is 0.407 e. The van der Waals surface area contributed by atoms with Crippen molar-refractivity contribution in [2.45, 2.75) is 72.2 Å². The Morgan fingerprint density at radius 3 is 2.53 bits per heavy atom. The number of aryl methyl sites for hydroxylation is 1. The predicted octanol–water partition coefficient (Wildman–Crippen LogP) is 3.15. The fourth-order valence-electron chi connectivity index (χ4n) is 5.04. The van der Waals surface area contributed by atoms with Gasteiger partial charge in [-0.05, 0) is 53.5 Å². The Morgan fingerprint density at radius 2 is 1.88 bits per heavy atom. The van der Waals surface area contributed by atoms with Crippen molar-refractivity contribution in [3.8, 4) is 0 Å². The van der Waals surface area contributed by atoms with E-state index in [2.05, 4.69) is 5.32 Å². The second kappa shape index (κ2) is 12.2. The normalized spacial score (nSPS) is 15.3. The first-order chi connectivity index (χ1) is 20.2. The van der Waals surface area contributed by atoms with Gasteiger partial charge in [0.15, 0.2) is 16.9 Å². The standard InChI is InChI=1S/C29H37N7O7/c1-18(2)13-15-34-23-24(31-26(34)33-14-9-10-19(16-33)30-27(39)43-29(3,4)5)32(6)28(40)35(25(23)38)17-22(37)20-11-7-8-12-21(20)36(41)42/h7-8,11-13,19H,9-10,14-17H2,1-6H3,(H,30,39). The molecule has 2 aromatic heterocycles. The first kappa shape index (κ1) is 31.2. The molecule has 1 fully saturated rings. The molecular weight excluding hydrogens is 558 g/mol. The monoisotopic (exact) mass is 595 g/mol. The number of allylic oxidation sites excluding steroid dienone is 2. The van der Waals surface area contributed by atoms with E-state index in [1.54, 1.807) is 25.3 Å². The number of alkyl carbamates (subject to hydrolysis) is 1. The van der Waals surface area contributed by atoms with E-state index in [4.69, 9.17) is 9.72 Å². The molecular formula is C29H37N7O7. The second-order valence-electron chi connectivity index (χ2n) is 11.8. The number of nitrogens with zero attached hydrogens (tertiary/aromatic N) is 6. The number of benzene rings is 1. The minimum Gasteiger partial charge on any atom is -0.444 e. The van der Waals surface area contributed by atoms with Crippen molar-refractivity contribution < 1.29 is 19.2 Å². The summed E-state index contributed by atoms with van der Waals surface area (Å²) in [5, 5.41) is 14.4. The third kappa shape index (κ3) is 6.84. The van der Waals surface area contributed by atoms with Gasteiger partial charge in [-0.25, -0.2) is 9.59 Å². The lowest BCUT2D eigenvalue weighted by Gasteiger charge is -2.34. The van der Waals surface area contributed by atoms with Crippen LogP contribution in [0, 0.1) is 10.1 Å². The molecule has 14 nitrogen and oxygen atoms in total. The lowest BCUT2D eigenvalue weighted by Crippen LogP contribution is -2.49. The number of Topliss-reactive ketones (excluding diaryl/α,β-unsaturated/α-hetero) is 1. The molecule has 1 unspecified atom stereocenters. The number of hydrogen-bond donors (Lipinski definition) is 1. The van der Waals surface area contributed by atoms with Gasteiger partial charge in [-0.3, -0.25) is 28.8 Å². The topological polar surface area (TPSA) is 164 Å². The average Bonchev–Trinajstić information content (AvgIpc) is 3.32. The molecule has 0 spiro atoms. The van der Waals surface area contributed by atoms with Gasteiger partial charge in [0.2, 0.25) is 5.95 Å². The number of ketones is 1. The van der Waals surface area contributed by atoms with Crippen LogP contribution in [0.15, 0.2) is 45.5 Å². The summed E-state index contributed by atoms with van der Waals surface area (Å²) in [4.78, 5) is 70.3. The molecule has 1 aliphatic rings. The summed E-state index contributed by atoms with van der Waals surface area (Å²) >= 11 is 0. The minimum absolute atomic E-state index is 0.118. The number of carbonyl (C=O) groups excluding carboxylic acids is 2. The number of amides is 1. The SMILES string of the molecule is CC(C)=CCn1c(N2CCCC(NC(=O)OC(C)(C)C)C2)nc2c1c(=O)n(CC(=O)c1ccccc1[N+](=O)[O-])c(=O)n2C. The Balaban J connectivity index is 1.78. The van der Waals surface area contributed by atoms with Crippen LogP contribution in [0.4, 0.5) is 16.4 Å². The van der Waals surface area contributed by atoms with Crippen LogP contribution >= 0.6 is 0 Å². The number of anilines is 1. The van der Waals surface area contributed by atoms with E-state index in [9.17, 15) is 29.3 Å². The highest BCUT2D eigenvalue weighted by molar-refractivity contribution is 5.99. The number of fused-ring (bicyclic) bond motifs is 1. The number of aromatic nitrogens is 4. The molecule has 1 aliphatic heterocycles. The van der Waals surface area contributed by atoms with Crippen LogP contribution < -0.4 is 21.5 Å². The third-order valence-corrected chi connectivity index (χ3v) is 7.02. The molecule has 43 heavy (non-hydrogen) atoms. The fourth-order valence-corrected chi connectivity index (χ4v) is 5.04. The molecule has 4 rings (SSSR count). The molecule has 3 heterocycles. The minimum atomic E-state index is -0.772. The zero-order chi connectivity index (χ0) is 31.6. The summed E-state index contributed by atoms with van der Waals surface area (Å²) in [7, 11) is 1.46. The number of carbonyl (C=O) groups is 2. The van der Waals surface area contributed by atoms with E-state index in [1.165, 1.54) is 35.9 Å². The number of rotatable bonds is 8. The summed E-state index contributed by atoms with van der Waals surface area (Å²) in [6, 6.07) is 5.17. The zero-order valence-electron chi connectivity index (χ0n) is 25.2. The Kier molecular flexibility index (Phi) is 8.88. The summed E-state index contributed by atoms with van der Waals surface area (Å²) in [6.07, 6.45) is 2.85. The average molecular weight is 596 g/mol. The van der Waals surface area contributed by atoms with Gasteiger partial charge in [0.05, 0.1) is 17.0 Å². The van der Waals surface area contributed by atoms with Crippen molar-refractivity contribution in [3.63, 3.8) is 0 Å². The molecule has 1 saturated heterocycles. The molecule has 0 saturated carbocycles. The summed E-state index contributed by atoms with van der Waals surface area (Å²) in [6.45, 7) is 9.78. The number of hydrogen-bond acceptors (Lipinski definition) is 9. The highest BCUT2D eigenvalue weighted by Gasteiger charge is 2.30. The van der Waals surface area contributed by atoms with Crippen LogP contribution in [0.1, 0.15) is 57.8 Å². The molecule has 0 radical (unpaired) electrons. The molecule has 0 bridgehead atoms. The Hall–Kier alpha value is -4.75. The Morgan fingerprint density at radius 1 is 1.19 bits per heavy atom. The van der Waals surface area contributed by atoms with Crippen LogP contribution in [0.25, 0.3) is 11.2 Å². The first-order valence-corrected chi connectivity index (χ1v) is 14.0. The van der Waals surface area contributed by atoms with E-state index in [0.29, 0.717) is 19.0 Å². The third-order valence-electron chi connectivity index (χ3n) is 7.02. The number of ether oxygens (including phenoxy) is 1. The lowest BCUT2D eigenvalue weighted by molar-refractivity contribution is -0.385. The molecule has 1 aromatic carbocycles. The highest BCUT2D eigenvalue weighted by atomic mass is 16.6. The number of nitro benzene ring substituents is 1. The van der Waals surface area contributed by atoms with E-state index in [0.717, 1.165) is 23.0 Å². The molecule has 0 aliphatic carbocycles. The molecule has 1 amide bonds. The summed E-state index contributed by atoms with van der Waals surface area (Å²) in [5.41, 5.74) is -1.50. The largest absolute Gasteiger partial charge is 0.444 e. The number of imidazole rings is 1. The van der Waals surface area contributed by atoms with Gasteiger partial charge in [-0.2, -0.15) is 4.98 Å². The Labute approximate surface area is 247 Å². The van der Waals surface area contributed by atoms with Crippen LogP contribution in [0.2, 0.25) is 0 Å². The number of piperidine rings is 1. The van der Waals surface area contributed by atoms with Gasteiger partial charge in [0, 0.05) is 38.8 Å². The van der Waals surface area contributed by atoms with Crippen LogP contribution in [-0.4, -0.2) is 60.2 Å². The van der Waals surface area contributed by atoms with Gasteiger partial charge in [-0.1, -0.05) is 23.8 Å². The van der Waals surface area contributed by atoms with Crippen molar-refractivity contribution >= 4 is 34.7 Å². The Bertz CT molecular complexity index is 1720. The van der Waals surface area contributed by atoms with Gasteiger partial charge >= 0.3 is 11.8 Å². The van der Waals surface area contributed by atoms with Crippen molar-refractivity contribution in [3.05, 3.63) is 72.4 Å². The smallest absolute Gasteiger partial charge is 0.407 e. The van der Waals surface area contributed by atoms with Crippen LogP contribution in [-0.2, 0) is 24.9 Å². The number of para-hydroxylation sites is 1. The lowest BCUT2D eigenvalue weighted by atomic mass is 10.1. The first-order valence-electron chi connectivity index (χ1n) is 14.0. The van der Waals surface area contributed by atoms with E-state index < -0.39 is 45.9 Å². The quantitative estimate of drug-likeness (QED) is 0.178. The predicted molar refractivity (Wildman–Crippen MR) is 161 cm³/mol. The van der Waals surface area contributed by atoms with Crippen molar-refractivity contribution in [1.82, 2.24) is 24.0 Å². The fraction of sp³-hybridized carbons (Fsp3) is 0.483. The van der Waals surface area contributed by atoms with Gasteiger partial charge in [0.25, 0.3) is 11.2 Å². The molecule has 1 atom stereocenters. The van der Waals surface area contributed by atoms with Crippen molar-refractivity contribution in [1.29, 1.82) is 0 Å². The zero-order valence-corrected chi connectivity index (χ0v) is 25.2. The van der Waals surface area contributed by atoms with Crippen LogP contribution in [0.3, 0.4) is 0 Å². The molecule has 3 aromatic rings. The molecule has 230 valence electrons. The maximum absolute atomic E-state index is 13.9. The van der Waals surface area contributed by atoms with Gasteiger partial charge in [-0.15, -0.1) is 0 Å². The number of nitro groups is 1. The summed E-state index contributed by atoms with van der Waals surface area (Å²) < 4.78 is 9.10. The van der Waals surface area contributed by atoms with Gasteiger partial charge < -0.3 is 19.5 Å². The van der Waals surface area contributed by atoms with E-state index in [-0.39, 0.29) is 29.3 Å². The molecule has 14 heteroatoms. The van der Waals surface area contributed by atoms with Gasteiger partial charge in [0.1, 0.15) is 5.60 Å². The summed E-state index contributed by atoms with van der Waals surface area (Å²) in [5.74, 6) is -0.299. The number of nitrogens with one attached hydrogen (secondary N) is 1. The maximum atomic E-state index is 13.9. The second-order valence-corrected chi connectivity index (χ2v) is 11.8. The van der Waals surface area contributed by atoms with Crippen molar-refractivity contribution in [2.75, 3.05) is 18.0 Å².